The van der Waals surface area contributed by atoms with Crippen molar-refractivity contribution in [1.29, 1.82) is 0 Å². The Balaban J connectivity index is 1.57. The molecule has 0 spiro atoms. The monoisotopic (exact) mass is 318 g/mol. The van der Waals surface area contributed by atoms with Crippen LogP contribution in [0.4, 0.5) is 0 Å². The highest BCUT2D eigenvalue weighted by Crippen LogP contribution is 2.13. The van der Waals surface area contributed by atoms with Gasteiger partial charge in [0.05, 0.1) is 17.7 Å². The molecule has 3 aromatic rings. The summed E-state index contributed by atoms with van der Waals surface area (Å²) in [6.45, 7) is 3.45. The Morgan fingerprint density at radius 2 is 2.18 bits per heavy atom. The van der Waals surface area contributed by atoms with Crippen LogP contribution >= 0.6 is 11.3 Å². The van der Waals surface area contributed by atoms with E-state index in [1.807, 2.05) is 16.0 Å². The lowest BCUT2D eigenvalue weighted by molar-refractivity contribution is -0.121. The fourth-order valence-corrected chi connectivity index (χ4v) is 2.84. The lowest BCUT2D eigenvalue weighted by Gasteiger charge is -2.05. The number of carbonyl (C=O) groups is 2. The van der Waals surface area contributed by atoms with E-state index < -0.39 is 5.91 Å². The standard InChI is InChI=1S/C14H14N4O3S/c1-8-5-11(9(2)21-8)13(20)17-16-12(19)6-10-7-18-3-4-22-14(18)15-10/h3-5,7H,6H2,1-2H3,(H,16,19)(H,17,20). The highest BCUT2D eigenvalue weighted by Gasteiger charge is 2.14. The van der Waals surface area contributed by atoms with Crippen molar-refractivity contribution < 1.29 is 14.0 Å². The van der Waals surface area contributed by atoms with Gasteiger partial charge in [0.2, 0.25) is 5.91 Å². The summed E-state index contributed by atoms with van der Waals surface area (Å²) in [6, 6.07) is 1.63. The van der Waals surface area contributed by atoms with Crippen molar-refractivity contribution in [2.45, 2.75) is 20.3 Å². The van der Waals surface area contributed by atoms with E-state index in [0.717, 1.165) is 4.96 Å². The summed E-state index contributed by atoms with van der Waals surface area (Å²) in [5.74, 6) is 0.413. The number of thiazole rings is 1. The van der Waals surface area contributed by atoms with Crippen LogP contribution in [0.1, 0.15) is 27.6 Å². The Hall–Kier alpha value is -2.61. The van der Waals surface area contributed by atoms with Crippen LogP contribution in [0.25, 0.3) is 4.96 Å². The zero-order valence-electron chi connectivity index (χ0n) is 12.0. The number of furan rings is 1. The molecule has 2 amide bonds. The van der Waals surface area contributed by atoms with Crippen LogP contribution in [0.3, 0.4) is 0 Å². The van der Waals surface area contributed by atoms with E-state index in [4.69, 9.17) is 4.42 Å². The predicted octanol–water partition coefficient (Wildman–Crippen LogP) is 1.61. The maximum atomic E-state index is 11.9. The van der Waals surface area contributed by atoms with E-state index in [2.05, 4.69) is 15.8 Å². The summed E-state index contributed by atoms with van der Waals surface area (Å²) in [5.41, 5.74) is 5.80. The van der Waals surface area contributed by atoms with Crippen molar-refractivity contribution in [2.75, 3.05) is 0 Å². The van der Waals surface area contributed by atoms with Gasteiger partial charge in [-0.25, -0.2) is 4.98 Å². The first-order chi connectivity index (χ1) is 10.5. The molecule has 8 heteroatoms. The number of fused-ring (bicyclic) bond motifs is 1. The summed E-state index contributed by atoms with van der Waals surface area (Å²) in [5, 5.41) is 1.92. The van der Waals surface area contributed by atoms with Crippen LogP contribution in [-0.2, 0) is 11.2 Å². The molecule has 0 fully saturated rings. The van der Waals surface area contributed by atoms with Gasteiger partial charge in [0.1, 0.15) is 11.5 Å². The molecule has 22 heavy (non-hydrogen) atoms. The first-order valence-electron chi connectivity index (χ1n) is 6.60. The molecule has 3 rings (SSSR count). The second-order valence-corrected chi connectivity index (χ2v) is 5.70. The van der Waals surface area contributed by atoms with Gasteiger partial charge in [-0.05, 0) is 19.9 Å². The molecule has 7 nitrogen and oxygen atoms in total. The number of nitrogens with zero attached hydrogens (tertiary/aromatic N) is 2. The Morgan fingerprint density at radius 3 is 2.86 bits per heavy atom. The molecular weight excluding hydrogens is 304 g/mol. The summed E-state index contributed by atoms with van der Waals surface area (Å²) in [7, 11) is 0. The molecule has 0 saturated heterocycles. The molecule has 0 bridgehead atoms. The Labute approximate surface area is 129 Å². The van der Waals surface area contributed by atoms with Crippen molar-refractivity contribution in [3.63, 3.8) is 0 Å². The van der Waals surface area contributed by atoms with E-state index in [1.165, 1.54) is 11.3 Å². The summed E-state index contributed by atoms with van der Waals surface area (Å²) in [6.07, 6.45) is 3.76. The quantitative estimate of drug-likeness (QED) is 0.718. The summed E-state index contributed by atoms with van der Waals surface area (Å²) >= 11 is 1.49. The van der Waals surface area contributed by atoms with Gasteiger partial charge in [-0.15, -0.1) is 11.3 Å². The van der Waals surface area contributed by atoms with Crippen LogP contribution < -0.4 is 10.9 Å². The van der Waals surface area contributed by atoms with Crippen LogP contribution in [0.5, 0.6) is 0 Å². The second kappa shape index (κ2) is 5.64. The van der Waals surface area contributed by atoms with Gasteiger partial charge >= 0.3 is 0 Å². The first-order valence-corrected chi connectivity index (χ1v) is 7.48. The number of rotatable bonds is 3. The second-order valence-electron chi connectivity index (χ2n) is 4.83. The maximum absolute atomic E-state index is 11.9. The molecule has 0 atom stereocenters. The molecule has 0 aliphatic rings. The minimum absolute atomic E-state index is 0.0953. The number of hydrogen-bond donors (Lipinski definition) is 2. The predicted molar refractivity (Wildman–Crippen MR) is 80.6 cm³/mol. The van der Waals surface area contributed by atoms with Crippen molar-refractivity contribution in [2.24, 2.45) is 0 Å². The normalized spacial score (nSPS) is 10.8. The van der Waals surface area contributed by atoms with Gasteiger partial charge in [0, 0.05) is 17.8 Å². The average Bonchev–Trinajstić information content (AvgIpc) is 3.10. The highest BCUT2D eigenvalue weighted by molar-refractivity contribution is 7.15. The minimum Gasteiger partial charge on any atom is -0.466 e. The lowest BCUT2D eigenvalue weighted by Crippen LogP contribution is -2.42. The van der Waals surface area contributed by atoms with Crippen molar-refractivity contribution in [3.05, 3.63) is 46.6 Å². The Bertz CT molecular complexity index is 817. The van der Waals surface area contributed by atoms with Crippen molar-refractivity contribution >= 4 is 28.1 Å². The zero-order chi connectivity index (χ0) is 15.7. The number of nitrogens with one attached hydrogen (secondary N) is 2. The number of carbonyl (C=O) groups excluding carboxylic acids is 2. The zero-order valence-corrected chi connectivity index (χ0v) is 12.9. The first kappa shape index (κ1) is 14.3. The number of amides is 2. The van der Waals surface area contributed by atoms with E-state index in [0.29, 0.717) is 22.8 Å². The third kappa shape index (κ3) is 2.86. The highest BCUT2D eigenvalue weighted by atomic mass is 32.1. The van der Waals surface area contributed by atoms with E-state index in [1.54, 1.807) is 26.1 Å². The van der Waals surface area contributed by atoms with E-state index in [9.17, 15) is 9.59 Å². The molecule has 2 N–H and O–H groups in total. The summed E-state index contributed by atoms with van der Waals surface area (Å²) < 4.78 is 7.13. The number of imidazole rings is 1. The Kier molecular flexibility index (Phi) is 3.68. The van der Waals surface area contributed by atoms with Gasteiger partial charge in [-0.1, -0.05) is 0 Å². The van der Waals surface area contributed by atoms with Gasteiger partial charge < -0.3 is 4.42 Å². The molecule has 3 heterocycles. The minimum atomic E-state index is -0.409. The third-order valence-corrected chi connectivity index (χ3v) is 3.86. The Morgan fingerprint density at radius 1 is 1.36 bits per heavy atom. The molecule has 114 valence electrons. The van der Waals surface area contributed by atoms with Crippen LogP contribution in [0, 0.1) is 13.8 Å². The van der Waals surface area contributed by atoms with E-state index >= 15 is 0 Å². The SMILES string of the molecule is Cc1cc(C(=O)NNC(=O)Cc2cn3ccsc3n2)c(C)o1. The molecule has 0 aliphatic carbocycles. The fourth-order valence-electron chi connectivity index (χ4n) is 2.12. The molecule has 0 unspecified atom stereocenters. The number of aryl methyl sites for hydroxylation is 2. The van der Waals surface area contributed by atoms with Crippen LogP contribution in [0.15, 0.2) is 28.3 Å². The summed E-state index contributed by atoms with van der Waals surface area (Å²) in [4.78, 5) is 28.9. The molecule has 0 aliphatic heterocycles. The largest absolute Gasteiger partial charge is 0.466 e. The van der Waals surface area contributed by atoms with Crippen LogP contribution in [-0.4, -0.2) is 21.2 Å². The topological polar surface area (TPSA) is 88.6 Å². The maximum Gasteiger partial charge on any atom is 0.273 e. The van der Waals surface area contributed by atoms with Gasteiger partial charge in [0.25, 0.3) is 5.91 Å². The molecule has 0 aromatic carbocycles. The molecule has 3 aromatic heterocycles. The van der Waals surface area contributed by atoms with Gasteiger partial charge in [-0.2, -0.15) is 0 Å². The fraction of sp³-hybridized carbons (Fsp3) is 0.214. The molecule has 0 saturated carbocycles. The molecular formula is C14H14N4O3S. The van der Waals surface area contributed by atoms with Gasteiger partial charge in [-0.3, -0.25) is 24.8 Å². The van der Waals surface area contributed by atoms with Crippen molar-refractivity contribution in [1.82, 2.24) is 20.2 Å². The third-order valence-electron chi connectivity index (χ3n) is 3.09. The smallest absolute Gasteiger partial charge is 0.273 e. The number of hydrazine groups is 1. The number of hydrogen-bond acceptors (Lipinski definition) is 5. The average molecular weight is 318 g/mol. The lowest BCUT2D eigenvalue weighted by atomic mass is 10.2. The van der Waals surface area contributed by atoms with Crippen LogP contribution in [0.2, 0.25) is 0 Å². The number of aromatic nitrogens is 2. The van der Waals surface area contributed by atoms with E-state index in [-0.39, 0.29) is 12.3 Å². The van der Waals surface area contributed by atoms with Gasteiger partial charge in [0.15, 0.2) is 4.96 Å². The van der Waals surface area contributed by atoms with Crippen molar-refractivity contribution in [3.8, 4) is 0 Å². The molecule has 0 radical (unpaired) electrons.